The summed E-state index contributed by atoms with van der Waals surface area (Å²) in [6.45, 7) is 5.11. The third-order valence-corrected chi connectivity index (χ3v) is 5.67. The molecule has 0 spiro atoms. The number of para-hydroxylation sites is 1. The Balaban J connectivity index is 1.89. The molecule has 1 N–H and O–H groups in total. The molecular formula is C25H28N2O3. The summed E-state index contributed by atoms with van der Waals surface area (Å²) in [5, 5.41) is 5.79. The number of nitrogens with zero attached hydrogens (tertiary/aromatic N) is 1. The highest BCUT2D eigenvalue weighted by atomic mass is 16.5. The SMILES string of the molecule is CCC(C)Oc1ccc2ccccc2c1C1Nc2ccccc2C(=O)N1CCOC. The lowest BCUT2D eigenvalue weighted by Crippen LogP contribution is -2.44. The highest BCUT2D eigenvalue weighted by Gasteiger charge is 2.35. The lowest BCUT2D eigenvalue weighted by molar-refractivity contribution is 0.0606. The smallest absolute Gasteiger partial charge is 0.257 e. The number of fused-ring (bicyclic) bond motifs is 2. The van der Waals surface area contributed by atoms with E-state index in [2.05, 4.69) is 37.4 Å². The zero-order valence-electron chi connectivity index (χ0n) is 17.7. The number of nitrogens with one attached hydrogen (secondary N) is 1. The summed E-state index contributed by atoms with van der Waals surface area (Å²) in [5.41, 5.74) is 2.49. The van der Waals surface area contributed by atoms with E-state index in [9.17, 15) is 4.79 Å². The van der Waals surface area contributed by atoms with Crippen molar-refractivity contribution in [3.8, 4) is 5.75 Å². The molecule has 5 nitrogen and oxygen atoms in total. The fourth-order valence-electron chi connectivity index (χ4n) is 3.90. The molecule has 5 heteroatoms. The number of ether oxygens (including phenoxy) is 2. The Hall–Kier alpha value is -3.05. The van der Waals surface area contributed by atoms with Crippen LogP contribution in [0.4, 0.5) is 5.69 Å². The first-order valence-corrected chi connectivity index (χ1v) is 10.5. The van der Waals surface area contributed by atoms with Gasteiger partial charge in [0.25, 0.3) is 5.91 Å². The van der Waals surface area contributed by atoms with Gasteiger partial charge < -0.3 is 19.7 Å². The summed E-state index contributed by atoms with van der Waals surface area (Å²) in [7, 11) is 1.65. The van der Waals surface area contributed by atoms with E-state index in [1.807, 2.05) is 47.4 Å². The van der Waals surface area contributed by atoms with Gasteiger partial charge in [0, 0.05) is 24.9 Å². The van der Waals surface area contributed by atoms with Crippen molar-refractivity contribution in [1.29, 1.82) is 0 Å². The second kappa shape index (κ2) is 8.76. The Labute approximate surface area is 177 Å². The topological polar surface area (TPSA) is 50.8 Å². The quantitative estimate of drug-likeness (QED) is 0.586. The van der Waals surface area contributed by atoms with E-state index in [0.717, 1.165) is 34.2 Å². The van der Waals surface area contributed by atoms with Crippen molar-refractivity contribution < 1.29 is 14.3 Å². The summed E-state index contributed by atoms with van der Waals surface area (Å²) in [6, 6.07) is 20.0. The van der Waals surface area contributed by atoms with Gasteiger partial charge in [-0.1, -0.05) is 49.4 Å². The summed E-state index contributed by atoms with van der Waals surface area (Å²) >= 11 is 0. The largest absolute Gasteiger partial charge is 0.490 e. The average Bonchev–Trinajstić information content (AvgIpc) is 2.78. The number of carbonyl (C=O) groups excluding carboxylic acids is 1. The molecule has 1 aliphatic heterocycles. The number of anilines is 1. The second-order valence-electron chi connectivity index (χ2n) is 7.62. The molecule has 2 atom stereocenters. The molecule has 0 saturated carbocycles. The zero-order valence-corrected chi connectivity index (χ0v) is 17.7. The Kier molecular flexibility index (Phi) is 5.91. The molecule has 3 aromatic carbocycles. The number of hydrogen-bond donors (Lipinski definition) is 1. The van der Waals surface area contributed by atoms with Gasteiger partial charge in [0.2, 0.25) is 0 Å². The number of hydrogen-bond acceptors (Lipinski definition) is 4. The van der Waals surface area contributed by atoms with Gasteiger partial charge in [0.1, 0.15) is 11.9 Å². The minimum absolute atomic E-state index is 0.00572. The van der Waals surface area contributed by atoms with Crippen LogP contribution in [0.2, 0.25) is 0 Å². The van der Waals surface area contributed by atoms with Crippen LogP contribution < -0.4 is 10.1 Å². The predicted octanol–water partition coefficient (Wildman–Crippen LogP) is 5.23. The van der Waals surface area contributed by atoms with Crippen LogP contribution in [0.25, 0.3) is 10.8 Å². The number of benzene rings is 3. The predicted molar refractivity (Wildman–Crippen MR) is 120 cm³/mol. The van der Waals surface area contributed by atoms with Crippen molar-refractivity contribution in [3.63, 3.8) is 0 Å². The fraction of sp³-hybridized carbons (Fsp3) is 0.320. The maximum absolute atomic E-state index is 13.4. The van der Waals surface area contributed by atoms with Crippen LogP contribution in [0.1, 0.15) is 42.4 Å². The van der Waals surface area contributed by atoms with Crippen LogP contribution in [0.5, 0.6) is 5.75 Å². The molecule has 0 saturated heterocycles. The summed E-state index contributed by atoms with van der Waals surface area (Å²) < 4.78 is 11.6. The first-order chi connectivity index (χ1) is 14.6. The Morgan fingerprint density at radius 2 is 1.83 bits per heavy atom. The number of methoxy groups -OCH3 is 1. The second-order valence-corrected chi connectivity index (χ2v) is 7.62. The fourth-order valence-corrected chi connectivity index (χ4v) is 3.90. The lowest BCUT2D eigenvalue weighted by Gasteiger charge is -2.39. The average molecular weight is 405 g/mol. The lowest BCUT2D eigenvalue weighted by atomic mass is 9.97. The van der Waals surface area contributed by atoms with Gasteiger partial charge in [0.05, 0.1) is 18.3 Å². The number of carbonyl (C=O) groups is 1. The minimum atomic E-state index is -0.354. The molecule has 0 radical (unpaired) electrons. The highest BCUT2D eigenvalue weighted by molar-refractivity contribution is 6.02. The van der Waals surface area contributed by atoms with Gasteiger partial charge in [0.15, 0.2) is 0 Å². The Bertz CT molecular complexity index is 1050. The maximum Gasteiger partial charge on any atom is 0.257 e. The first kappa shape index (κ1) is 20.2. The third kappa shape index (κ3) is 3.73. The van der Waals surface area contributed by atoms with Gasteiger partial charge in [-0.2, -0.15) is 0 Å². The summed E-state index contributed by atoms with van der Waals surface area (Å²) in [5.74, 6) is 0.795. The molecule has 4 rings (SSSR count). The van der Waals surface area contributed by atoms with Gasteiger partial charge in [-0.25, -0.2) is 0 Å². The molecule has 1 aliphatic rings. The van der Waals surface area contributed by atoms with E-state index in [1.54, 1.807) is 7.11 Å². The highest BCUT2D eigenvalue weighted by Crippen LogP contribution is 2.40. The van der Waals surface area contributed by atoms with Crippen molar-refractivity contribution in [2.24, 2.45) is 0 Å². The van der Waals surface area contributed by atoms with Gasteiger partial charge in [-0.15, -0.1) is 0 Å². The molecule has 0 bridgehead atoms. The molecule has 3 aromatic rings. The Morgan fingerprint density at radius 1 is 1.07 bits per heavy atom. The van der Waals surface area contributed by atoms with Crippen molar-refractivity contribution in [2.45, 2.75) is 32.5 Å². The van der Waals surface area contributed by atoms with Crippen molar-refractivity contribution in [3.05, 3.63) is 71.8 Å². The van der Waals surface area contributed by atoms with Crippen LogP contribution in [0, 0.1) is 0 Å². The Morgan fingerprint density at radius 3 is 2.63 bits per heavy atom. The van der Waals surface area contributed by atoms with Crippen LogP contribution in [-0.2, 0) is 4.74 Å². The van der Waals surface area contributed by atoms with E-state index in [0.29, 0.717) is 18.7 Å². The van der Waals surface area contributed by atoms with Crippen LogP contribution in [0.3, 0.4) is 0 Å². The normalized spacial score (nSPS) is 16.8. The van der Waals surface area contributed by atoms with E-state index in [4.69, 9.17) is 9.47 Å². The summed E-state index contributed by atoms with van der Waals surface area (Å²) in [4.78, 5) is 15.3. The van der Waals surface area contributed by atoms with Crippen LogP contribution in [0.15, 0.2) is 60.7 Å². The molecule has 1 amide bonds. The van der Waals surface area contributed by atoms with Crippen molar-refractivity contribution in [2.75, 3.05) is 25.6 Å². The number of amides is 1. The zero-order chi connectivity index (χ0) is 21.1. The van der Waals surface area contributed by atoms with E-state index in [1.165, 1.54) is 0 Å². The first-order valence-electron chi connectivity index (χ1n) is 10.5. The van der Waals surface area contributed by atoms with E-state index >= 15 is 0 Å². The molecule has 2 unspecified atom stereocenters. The summed E-state index contributed by atoms with van der Waals surface area (Å²) in [6.07, 6.45) is 0.621. The van der Waals surface area contributed by atoms with Crippen molar-refractivity contribution in [1.82, 2.24) is 4.90 Å². The van der Waals surface area contributed by atoms with Crippen LogP contribution in [-0.4, -0.2) is 37.2 Å². The number of rotatable bonds is 7. The molecule has 1 heterocycles. The monoisotopic (exact) mass is 404 g/mol. The van der Waals surface area contributed by atoms with E-state index in [-0.39, 0.29) is 18.2 Å². The standard InChI is InChI=1S/C25H28N2O3/c1-4-17(2)30-22-14-13-18-9-5-6-10-19(18)23(22)24-26-21-12-8-7-11-20(21)25(28)27(24)15-16-29-3/h5-14,17,24,26H,4,15-16H2,1-3H3. The minimum Gasteiger partial charge on any atom is -0.490 e. The van der Waals surface area contributed by atoms with Gasteiger partial charge in [-0.05, 0) is 42.3 Å². The molecule has 156 valence electrons. The molecular weight excluding hydrogens is 376 g/mol. The maximum atomic E-state index is 13.4. The third-order valence-electron chi connectivity index (χ3n) is 5.67. The molecule has 0 aliphatic carbocycles. The van der Waals surface area contributed by atoms with Crippen molar-refractivity contribution >= 4 is 22.4 Å². The molecule has 0 fully saturated rings. The van der Waals surface area contributed by atoms with Crippen LogP contribution >= 0.6 is 0 Å². The van der Waals surface area contributed by atoms with E-state index < -0.39 is 0 Å². The molecule has 0 aromatic heterocycles. The van der Waals surface area contributed by atoms with Gasteiger partial charge >= 0.3 is 0 Å². The van der Waals surface area contributed by atoms with Gasteiger partial charge in [-0.3, -0.25) is 4.79 Å². The molecule has 30 heavy (non-hydrogen) atoms.